The first-order chi connectivity index (χ1) is 8.66. The summed E-state index contributed by atoms with van der Waals surface area (Å²) < 4.78 is 5.47. The highest BCUT2D eigenvalue weighted by atomic mass is 16.5. The number of amides is 2. The van der Waals surface area contributed by atoms with E-state index < -0.39 is 0 Å². The van der Waals surface area contributed by atoms with E-state index in [1.165, 1.54) is 0 Å². The zero-order chi connectivity index (χ0) is 13.0. The maximum atomic E-state index is 11.9. The van der Waals surface area contributed by atoms with Gasteiger partial charge in [-0.2, -0.15) is 0 Å². The van der Waals surface area contributed by atoms with Crippen molar-refractivity contribution in [2.45, 2.75) is 44.8 Å². The number of ether oxygens (including phenoxy) is 1. The Balaban J connectivity index is 1.67. The van der Waals surface area contributed by atoms with Crippen LogP contribution < -0.4 is 5.32 Å². The molecule has 18 heavy (non-hydrogen) atoms. The molecule has 5 nitrogen and oxygen atoms in total. The third-order valence-corrected chi connectivity index (χ3v) is 4.01. The molecule has 2 rings (SSSR count). The molecule has 2 saturated heterocycles. The van der Waals surface area contributed by atoms with Gasteiger partial charge in [-0.1, -0.05) is 0 Å². The predicted octanol–water partition coefficient (Wildman–Crippen LogP) is 0.968. The third-order valence-electron chi connectivity index (χ3n) is 4.01. The van der Waals surface area contributed by atoms with Crippen molar-refractivity contribution >= 4 is 6.03 Å². The lowest BCUT2D eigenvalue weighted by molar-refractivity contribution is 0.0774. The number of urea groups is 1. The van der Waals surface area contributed by atoms with Crippen molar-refractivity contribution in [1.29, 1.82) is 0 Å². The third kappa shape index (κ3) is 3.59. The molecule has 2 unspecified atom stereocenters. The molecule has 0 aromatic rings. The van der Waals surface area contributed by atoms with Crippen LogP contribution in [0, 0.1) is 5.92 Å². The quantitative estimate of drug-likeness (QED) is 0.791. The van der Waals surface area contributed by atoms with Gasteiger partial charge in [0.05, 0.1) is 12.2 Å². The Kier molecular flexibility index (Phi) is 4.83. The summed E-state index contributed by atoms with van der Waals surface area (Å²) in [5.74, 6) is 0.340. The van der Waals surface area contributed by atoms with Crippen molar-refractivity contribution < 1.29 is 14.6 Å². The fourth-order valence-corrected chi connectivity index (χ4v) is 2.70. The lowest BCUT2D eigenvalue weighted by Gasteiger charge is -2.33. The van der Waals surface area contributed by atoms with E-state index in [9.17, 15) is 9.90 Å². The zero-order valence-corrected chi connectivity index (χ0v) is 11.1. The van der Waals surface area contributed by atoms with Gasteiger partial charge in [-0.05, 0) is 38.5 Å². The first-order valence-corrected chi connectivity index (χ1v) is 6.99. The molecule has 2 fully saturated rings. The smallest absolute Gasteiger partial charge is 0.317 e. The number of carbonyl (C=O) groups excluding carboxylic acids is 1. The Morgan fingerprint density at radius 2 is 2.17 bits per heavy atom. The zero-order valence-electron chi connectivity index (χ0n) is 11.1. The molecule has 0 bridgehead atoms. The first kappa shape index (κ1) is 13.6. The summed E-state index contributed by atoms with van der Waals surface area (Å²) in [5.41, 5.74) is 0. The average molecular weight is 256 g/mol. The fraction of sp³-hybridized carbons (Fsp3) is 0.923. The van der Waals surface area contributed by atoms with Gasteiger partial charge in [0.15, 0.2) is 0 Å². The Morgan fingerprint density at radius 3 is 2.72 bits per heavy atom. The standard InChI is InChI=1S/C13H24N2O3/c1-10(16)11-4-6-15(7-5-11)13(17)14-9-12-3-2-8-18-12/h10-12,16H,2-9H2,1H3,(H,14,17). The number of carbonyl (C=O) groups is 1. The van der Waals surface area contributed by atoms with Crippen LogP contribution in [0.5, 0.6) is 0 Å². The summed E-state index contributed by atoms with van der Waals surface area (Å²) in [6, 6.07) is 0.00884. The molecule has 2 aliphatic rings. The minimum Gasteiger partial charge on any atom is -0.393 e. The van der Waals surface area contributed by atoms with Gasteiger partial charge < -0.3 is 20.1 Å². The van der Waals surface area contributed by atoms with E-state index in [4.69, 9.17) is 4.74 Å². The Bertz CT molecular complexity index is 269. The molecule has 104 valence electrons. The number of piperidine rings is 1. The number of aliphatic hydroxyl groups is 1. The van der Waals surface area contributed by atoms with E-state index in [2.05, 4.69) is 5.32 Å². The van der Waals surface area contributed by atoms with Crippen LogP contribution in [0.4, 0.5) is 4.79 Å². The molecule has 5 heteroatoms. The summed E-state index contributed by atoms with van der Waals surface area (Å²) in [6.45, 7) is 4.76. The van der Waals surface area contributed by atoms with Crippen LogP contribution in [0.15, 0.2) is 0 Å². The molecular formula is C13H24N2O3. The van der Waals surface area contributed by atoms with Crippen LogP contribution in [0.2, 0.25) is 0 Å². The van der Waals surface area contributed by atoms with Crippen LogP contribution in [0.25, 0.3) is 0 Å². The van der Waals surface area contributed by atoms with Crippen molar-refractivity contribution in [3.63, 3.8) is 0 Å². The normalized spacial score (nSPS) is 27.2. The van der Waals surface area contributed by atoms with E-state index in [0.717, 1.165) is 45.4 Å². The second kappa shape index (κ2) is 6.38. The largest absolute Gasteiger partial charge is 0.393 e. The minimum absolute atomic E-state index is 0.00884. The Hall–Kier alpha value is -0.810. The molecule has 0 radical (unpaired) electrons. The molecule has 2 aliphatic heterocycles. The Morgan fingerprint density at radius 1 is 1.44 bits per heavy atom. The second-order valence-corrected chi connectivity index (χ2v) is 5.39. The maximum absolute atomic E-state index is 11.9. The highest BCUT2D eigenvalue weighted by molar-refractivity contribution is 5.74. The molecule has 0 aliphatic carbocycles. The van der Waals surface area contributed by atoms with Crippen molar-refractivity contribution in [1.82, 2.24) is 10.2 Å². The summed E-state index contributed by atoms with van der Waals surface area (Å²) in [5, 5.41) is 12.5. The van der Waals surface area contributed by atoms with Gasteiger partial charge >= 0.3 is 6.03 Å². The number of rotatable bonds is 3. The van der Waals surface area contributed by atoms with E-state index in [1.807, 2.05) is 11.8 Å². The summed E-state index contributed by atoms with van der Waals surface area (Å²) in [6.07, 6.45) is 3.87. The number of aliphatic hydroxyl groups excluding tert-OH is 1. The van der Waals surface area contributed by atoms with Crippen molar-refractivity contribution in [2.75, 3.05) is 26.2 Å². The van der Waals surface area contributed by atoms with E-state index in [-0.39, 0.29) is 18.2 Å². The van der Waals surface area contributed by atoms with Crippen molar-refractivity contribution in [3.05, 3.63) is 0 Å². The highest BCUT2D eigenvalue weighted by Gasteiger charge is 2.26. The minimum atomic E-state index is -0.262. The highest BCUT2D eigenvalue weighted by Crippen LogP contribution is 2.20. The molecule has 0 spiro atoms. The van der Waals surface area contributed by atoms with Crippen LogP contribution in [-0.2, 0) is 4.74 Å². The van der Waals surface area contributed by atoms with Gasteiger partial charge in [0, 0.05) is 26.2 Å². The lowest BCUT2D eigenvalue weighted by Crippen LogP contribution is -2.47. The molecule has 2 atom stereocenters. The van der Waals surface area contributed by atoms with E-state index in [0.29, 0.717) is 12.5 Å². The topological polar surface area (TPSA) is 61.8 Å². The summed E-state index contributed by atoms with van der Waals surface area (Å²) >= 11 is 0. The number of hydrogen-bond acceptors (Lipinski definition) is 3. The fourth-order valence-electron chi connectivity index (χ4n) is 2.70. The van der Waals surface area contributed by atoms with Gasteiger partial charge in [-0.25, -0.2) is 4.79 Å². The van der Waals surface area contributed by atoms with E-state index in [1.54, 1.807) is 0 Å². The Labute approximate surface area is 108 Å². The van der Waals surface area contributed by atoms with Gasteiger partial charge in [0.25, 0.3) is 0 Å². The monoisotopic (exact) mass is 256 g/mol. The maximum Gasteiger partial charge on any atom is 0.317 e. The van der Waals surface area contributed by atoms with Gasteiger partial charge in [-0.15, -0.1) is 0 Å². The molecule has 0 aromatic carbocycles. The average Bonchev–Trinajstić information content (AvgIpc) is 2.89. The number of hydrogen-bond donors (Lipinski definition) is 2. The van der Waals surface area contributed by atoms with Crippen LogP contribution in [-0.4, -0.2) is 54.5 Å². The number of likely N-dealkylation sites (tertiary alicyclic amines) is 1. The van der Waals surface area contributed by atoms with Crippen LogP contribution in [0.1, 0.15) is 32.6 Å². The number of nitrogens with zero attached hydrogens (tertiary/aromatic N) is 1. The molecule has 2 N–H and O–H groups in total. The van der Waals surface area contributed by atoms with Crippen molar-refractivity contribution in [2.24, 2.45) is 5.92 Å². The molecular weight excluding hydrogens is 232 g/mol. The van der Waals surface area contributed by atoms with Gasteiger partial charge in [-0.3, -0.25) is 0 Å². The van der Waals surface area contributed by atoms with Gasteiger partial charge in [0.2, 0.25) is 0 Å². The molecule has 0 saturated carbocycles. The summed E-state index contributed by atoms with van der Waals surface area (Å²) in [7, 11) is 0. The van der Waals surface area contributed by atoms with Crippen molar-refractivity contribution in [3.8, 4) is 0 Å². The van der Waals surface area contributed by atoms with Crippen LogP contribution >= 0.6 is 0 Å². The molecule has 2 heterocycles. The van der Waals surface area contributed by atoms with Gasteiger partial charge in [0.1, 0.15) is 0 Å². The predicted molar refractivity (Wildman–Crippen MR) is 68.4 cm³/mol. The SMILES string of the molecule is CC(O)C1CCN(C(=O)NCC2CCCO2)CC1. The lowest BCUT2D eigenvalue weighted by atomic mass is 9.92. The first-order valence-electron chi connectivity index (χ1n) is 6.99. The molecule has 2 amide bonds. The molecule has 0 aromatic heterocycles. The number of nitrogens with one attached hydrogen (secondary N) is 1. The van der Waals surface area contributed by atoms with E-state index >= 15 is 0 Å². The second-order valence-electron chi connectivity index (χ2n) is 5.39. The summed E-state index contributed by atoms with van der Waals surface area (Å²) in [4.78, 5) is 13.8. The van der Waals surface area contributed by atoms with Crippen LogP contribution in [0.3, 0.4) is 0 Å².